The molecule has 3 aromatic rings. The molecule has 0 bridgehead atoms. The lowest BCUT2D eigenvalue weighted by Crippen LogP contribution is -2.25. The maximum absolute atomic E-state index is 12.9. The molecule has 0 saturated carbocycles. The number of nitrogens with two attached hydrogens (primary N) is 1. The second-order valence-corrected chi connectivity index (χ2v) is 7.18. The van der Waals surface area contributed by atoms with Gasteiger partial charge in [-0.2, -0.15) is 8.78 Å². The van der Waals surface area contributed by atoms with Crippen molar-refractivity contribution in [3.63, 3.8) is 0 Å². The number of rotatable bonds is 6. The fourth-order valence-corrected chi connectivity index (χ4v) is 3.52. The van der Waals surface area contributed by atoms with E-state index < -0.39 is 30.9 Å². The minimum atomic E-state index is -2.97. The molecule has 0 atom stereocenters. The van der Waals surface area contributed by atoms with Crippen molar-refractivity contribution in [2.45, 2.75) is 6.61 Å². The maximum Gasteiger partial charge on any atom is 0.387 e. The molecular formula is C24H16F2N2O6. The summed E-state index contributed by atoms with van der Waals surface area (Å²) in [6, 6.07) is 14.0. The van der Waals surface area contributed by atoms with Crippen LogP contribution in [0, 0.1) is 0 Å². The SMILES string of the molecule is Nc1c(C(=O)OCC(=O)Nc2ccc(OC(F)F)cc2)ccc2c1C(=O)c1ccccc1C2=O. The minimum Gasteiger partial charge on any atom is -0.452 e. The van der Waals surface area contributed by atoms with Crippen LogP contribution < -0.4 is 15.8 Å². The molecule has 1 amide bonds. The summed E-state index contributed by atoms with van der Waals surface area (Å²) in [4.78, 5) is 50.2. The van der Waals surface area contributed by atoms with Crippen molar-refractivity contribution in [3.8, 4) is 5.75 Å². The van der Waals surface area contributed by atoms with E-state index in [4.69, 9.17) is 10.5 Å². The van der Waals surface area contributed by atoms with Crippen molar-refractivity contribution >= 4 is 34.8 Å². The van der Waals surface area contributed by atoms with Gasteiger partial charge in [0, 0.05) is 22.4 Å². The molecule has 0 fully saturated rings. The molecule has 1 aliphatic carbocycles. The monoisotopic (exact) mass is 466 g/mol. The van der Waals surface area contributed by atoms with E-state index in [2.05, 4.69) is 10.1 Å². The van der Waals surface area contributed by atoms with Gasteiger partial charge in [0.25, 0.3) is 5.91 Å². The number of benzene rings is 3. The first-order valence-corrected chi connectivity index (χ1v) is 9.89. The topological polar surface area (TPSA) is 125 Å². The maximum atomic E-state index is 12.9. The standard InChI is InChI=1S/C24H16F2N2O6/c25-24(26)34-13-7-5-12(6-8-13)28-18(29)11-33-23(32)17-10-9-16-19(20(17)27)22(31)15-4-2-1-3-14(15)21(16)30/h1-10,24H,11,27H2,(H,28,29). The van der Waals surface area contributed by atoms with Crippen molar-refractivity contribution in [1.82, 2.24) is 0 Å². The molecule has 0 aliphatic heterocycles. The molecule has 8 nitrogen and oxygen atoms in total. The summed E-state index contributed by atoms with van der Waals surface area (Å²) in [6.45, 7) is -3.65. The van der Waals surface area contributed by atoms with Gasteiger partial charge in [-0.15, -0.1) is 0 Å². The summed E-state index contributed by atoms with van der Waals surface area (Å²) in [5.74, 6) is -2.63. The van der Waals surface area contributed by atoms with Gasteiger partial charge in [0.05, 0.1) is 16.8 Å². The molecule has 0 aromatic heterocycles. The second-order valence-electron chi connectivity index (χ2n) is 7.18. The number of ether oxygens (including phenoxy) is 2. The number of fused-ring (bicyclic) bond motifs is 2. The van der Waals surface area contributed by atoms with Gasteiger partial charge in [0.1, 0.15) is 5.75 Å². The Hall–Kier alpha value is -4.60. The van der Waals surface area contributed by atoms with Crippen LogP contribution >= 0.6 is 0 Å². The molecule has 3 N–H and O–H groups in total. The fraction of sp³-hybridized carbons (Fsp3) is 0.0833. The Bertz CT molecular complexity index is 1320. The van der Waals surface area contributed by atoms with Gasteiger partial charge < -0.3 is 20.5 Å². The lowest BCUT2D eigenvalue weighted by molar-refractivity contribution is -0.119. The highest BCUT2D eigenvalue weighted by atomic mass is 19.3. The Kier molecular flexibility index (Phi) is 6.05. The second kappa shape index (κ2) is 9.10. The molecule has 4 rings (SSSR count). The number of hydrogen-bond donors (Lipinski definition) is 2. The van der Waals surface area contributed by atoms with E-state index in [1.807, 2.05) is 0 Å². The first-order chi connectivity index (χ1) is 16.3. The highest BCUT2D eigenvalue weighted by molar-refractivity contribution is 6.30. The summed E-state index contributed by atoms with van der Waals surface area (Å²) < 4.78 is 33.6. The lowest BCUT2D eigenvalue weighted by atomic mass is 9.82. The fourth-order valence-electron chi connectivity index (χ4n) is 3.52. The molecule has 0 radical (unpaired) electrons. The zero-order valence-corrected chi connectivity index (χ0v) is 17.3. The normalized spacial score (nSPS) is 12.1. The van der Waals surface area contributed by atoms with E-state index in [1.165, 1.54) is 48.5 Å². The Morgan fingerprint density at radius 1 is 0.882 bits per heavy atom. The van der Waals surface area contributed by atoms with Crippen LogP contribution in [0.5, 0.6) is 5.75 Å². The Labute approximate surface area is 191 Å². The number of anilines is 2. The van der Waals surface area contributed by atoms with Gasteiger partial charge in [-0.3, -0.25) is 14.4 Å². The number of carbonyl (C=O) groups excluding carboxylic acids is 4. The molecule has 172 valence electrons. The summed E-state index contributed by atoms with van der Waals surface area (Å²) in [5.41, 5.74) is 6.35. The number of nitrogens with one attached hydrogen (secondary N) is 1. The van der Waals surface area contributed by atoms with Crippen LogP contribution in [-0.4, -0.2) is 36.7 Å². The van der Waals surface area contributed by atoms with Crippen molar-refractivity contribution in [1.29, 1.82) is 0 Å². The number of amides is 1. The molecule has 34 heavy (non-hydrogen) atoms. The molecule has 1 aliphatic rings. The zero-order chi connectivity index (χ0) is 24.4. The van der Waals surface area contributed by atoms with Gasteiger partial charge in [-0.05, 0) is 36.4 Å². The number of carbonyl (C=O) groups is 4. The van der Waals surface area contributed by atoms with E-state index in [-0.39, 0.29) is 50.7 Å². The molecule has 0 heterocycles. The first-order valence-electron chi connectivity index (χ1n) is 9.89. The summed E-state index contributed by atoms with van der Waals surface area (Å²) in [5, 5.41) is 2.43. The summed E-state index contributed by atoms with van der Waals surface area (Å²) >= 11 is 0. The van der Waals surface area contributed by atoms with Gasteiger partial charge in [0.15, 0.2) is 18.2 Å². The Balaban J connectivity index is 1.44. The zero-order valence-electron chi connectivity index (χ0n) is 17.3. The molecule has 0 unspecified atom stereocenters. The third-order valence-corrected chi connectivity index (χ3v) is 5.05. The number of esters is 1. The number of ketones is 2. The number of halogens is 2. The number of nitrogen functional groups attached to an aromatic ring is 1. The molecular weight excluding hydrogens is 450 g/mol. The Morgan fingerprint density at radius 3 is 2.18 bits per heavy atom. The van der Waals surface area contributed by atoms with Gasteiger partial charge in [-0.1, -0.05) is 24.3 Å². The number of hydrogen-bond acceptors (Lipinski definition) is 7. The molecule has 0 saturated heterocycles. The molecule has 0 spiro atoms. The molecule has 3 aromatic carbocycles. The first kappa shape index (κ1) is 22.6. The van der Waals surface area contributed by atoms with Crippen LogP contribution in [0.15, 0.2) is 60.7 Å². The van der Waals surface area contributed by atoms with E-state index >= 15 is 0 Å². The smallest absolute Gasteiger partial charge is 0.387 e. The quantitative estimate of drug-likeness (QED) is 0.329. The van der Waals surface area contributed by atoms with Gasteiger partial charge in [-0.25, -0.2) is 4.79 Å². The predicted molar refractivity (Wildman–Crippen MR) is 116 cm³/mol. The van der Waals surface area contributed by atoms with Crippen LogP contribution in [0.4, 0.5) is 20.2 Å². The van der Waals surface area contributed by atoms with E-state index in [9.17, 15) is 28.0 Å². The largest absolute Gasteiger partial charge is 0.452 e. The lowest BCUT2D eigenvalue weighted by Gasteiger charge is -2.20. The van der Waals surface area contributed by atoms with Crippen LogP contribution in [0.1, 0.15) is 42.2 Å². The van der Waals surface area contributed by atoms with Gasteiger partial charge in [0.2, 0.25) is 0 Å². The summed E-state index contributed by atoms with van der Waals surface area (Å²) in [7, 11) is 0. The highest BCUT2D eigenvalue weighted by Crippen LogP contribution is 2.32. The average molecular weight is 466 g/mol. The molecule has 10 heteroatoms. The predicted octanol–water partition coefficient (Wildman–Crippen LogP) is 3.44. The average Bonchev–Trinajstić information content (AvgIpc) is 2.82. The highest BCUT2D eigenvalue weighted by Gasteiger charge is 2.33. The van der Waals surface area contributed by atoms with Crippen molar-refractivity contribution in [3.05, 3.63) is 88.5 Å². The third kappa shape index (κ3) is 4.33. The van der Waals surface area contributed by atoms with Crippen LogP contribution in [-0.2, 0) is 9.53 Å². The van der Waals surface area contributed by atoms with Crippen molar-refractivity contribution in [2.75, 3.05) is 17.7 Å². The third-order valence-electron chi connectivity index (χ3n) is 5.05. The Morgan fingerprint density at radius 2 is 1.53 bits per heavy atom. The number of alkyl halides is 2. The minimum absolute atomic E-state index is 0.0785. The summed E-state index contributed by atoms with van der Waals surface area (Å²) in [6.07, 6.45) is 0. The van der Waals surface area contributed by atoms with Crippen LogP contribution in [0.25, 0.3) is 0 Å². The van der Waals surface area contributed by atoms with Crippen molar-refractivity contribution < 1.29 is 37.4 Å². The van der Waals surface area contributed by atoms with Crippen molar-refractivity contribution in [2.24, 2.45) is 0 Å². The van der Waals surface area contributed by atoms with E-state index in [0.29, 0.717) is 0 Å². The van der Waals surface area contributed by atoms with Crippen LogP contribution in [0.2, 0.25) is 0 Å². The van der Waals surface area contributed by atoms with E-state index in [0.717, 1.165) is 0 Å². The van der Waals surface area contributed by atoms with E-state index in [1.54, 1.807) is 12.1 Å². The van der Waals surface area contributed by atoms with Gasteiger partial charge >= 0.3 is 12.6 Å². The van der Waals surface area contributed by atoms with Crippen LogP contribution in [0.3, 0.4) is 0 Å².